The molecule has 190 valence electrons. The molecule has 6 nitrogen and oxygen atoms in total. The minimum absolute atomic E-state index is 0.129. The number of nitrogens with zero attached hydrogens (tertiary/aromatic N) is 2. The first-order chi connectivity index (χ1) is 17.0. The number of hydrogen-bond acceptors (Lipinski definition) is 5. The molecular weight excluding hydrogens is 438 g/mol. The van der Waals surface area contributed by atoms with Gasteiger partial charge in [-0.25, -0.2) is 4.98 Å². The maximum absolute atomic E-state index is 13.1. The van der Waals surface area contributed by atoms with Crippen LogP contribution in [0.1, 0.15) is 73.4 Å². The number of aliphatic hydroxyl groups is 1. The quantitative estimate of drug-likeness (QED) is 0.528. The second-order valence-corrected chi connectivity index (χ2v) is 9.36. The van der Waals surface area contributed by atoms with E-state index < -0.39 is 0 Å². The molecule has 6 heteroatoms. The van der Waals surface area contributed by atoms with Gasteiger partial charge >= 0.3 is 0 Å². The molecule has 1 amide bonds. The topological polar surface area (TPSA) is 74.7 Å². The molecule has 1 aliphatic heterocycles. The fourth-order valence-electron chi connectivity index (χ4n) is 4.98. The normalized spacial score (nSPS) is 20.0. The summed E-state index contributed by atoms with van der Waals surface area (Å²) < 4.78 is 5.50. The highest BCUT2D eigenvalue weighted by molar-refractivity contribution is 6.01. The summed E-state index contributed by atoms with van der Waals surface area (Å²) in [6, 6.07) is 10.8. The van der Waals surface area contributed by atoms with Crippen LogP contribution < -0.4 is 5.32 Å². The Hall–Kier alpha value is -2.70. The van der Waals surface area contributed by atoms with E-state index in [0.29, 0.717) is 23.2 Å². The molecule has 2 unspecified atom stereocenters. The van der Waals surface area contributed by atoms with Crippen LogP contribution in [0.25, 0.3) is 11.3 Å². The second kappa shape index (κ2) is 12.8. The van der Waals surface area contributed by atoms with Gasteiger partial charge in [0.05, 0.1) is 11.3 Å². The van der Waals surface area contributed by atoms with E-state index in [1.165, 1.54) is 16.7 Å². The summed E-state index contributed by atoms with van der Waals surface area (Å²) >= 11 is 0. The van der Waals surface area contributed by atoms with Crippen LogP contribution in [0.4, 0.5) is 5.82 Å². The molecule has 0 spiro atoms. The summed E-state index contributed by atoms with van der Waals surface area (Å²) in [4.78, 5) is 19.5. The molecule has 2 N–H and O–H groups in total. The zero-order chi connectivity index (χ0) is 25.4. The van der Waals surface area contributed by atoms with Crippen LogP contribution in [0.5, 0.6) is 0 Å². The number of aromatic nitrogens is 1. The lowest BCUT2D eigenvalue weighted by molar-refractivity contribution is 0.0848. The maximum Gasteiger partial charge on any atom is 0.261 e. The summed E-state index contributed by atoms with van der Waals surface area (Å²) in [6.45, 7) is 11.6. The van der Waals surface area contributed by atoms with E-state index in [-0.39, 0.29) is 18.6 Å². The fourth-order valence-corrected chi connectivity index (χ4v) is 4.98. The van der Waals surface area contributed by atoms with Gasteiger partial charge < -0.3 is 20.1 Å². The van der Waals surface area contributed by atoms with E-state index in [4.69, 9.17) is 9.72 Å². The molecule has 0 radical (unpaired) electrons. The number of hydrogen-bond donors (Lipinski definition) is 2. The van der Waals surface area contributed by atoms with Gasteiger partial charge in [-0.3, -0.25) is 4.79 Å². The smallest absolute Gasteiger partial charge is 0.261 e. The van der Waals surface area contributed by atoms with Crippen molar-refractivity contribution in [2.75, 3.05) is 32.2 Å². The van der Waals surface area contributed by atoms with Crippen LogP contribution in [0.15, 0.2) is 43.1 Å². The Bertz CT molecular complexity index is 983. The molecule has 2 aromatic rings. The third-order valence-electron chi connectivity index (χ3n) is 7.06. The summed E-state index contributed by atoms with van der Waals surface area (Å²) in [5.74, 6) is 1.34. The van der Waals surface area contributed by atoms with Crippen LogP contribution in [-0.4, -0.2) is 53.8 Å². The molecule has 1 aromatic heterocycles. The summed E-state index contributed by atoms with van der Waals surface area (Å²) in [6.07, 6.45) is 6.47. The van der Waals surface area contributed by atoms with E-state index in [1.54, 1.807) is 7.05 Å². The lowest BCUT2D eigenvalue weighted by atomic mass is 9.91. The lowest BCUT2D eigenvalue weighted by Crippen LogP contribution is -2.26. The van der Waals surface area contributed by atoms with Crippen molar-refractivity contribution in [2.45, 2.75) is 64.8 Å². The van der Waals surface area contributed by atoms with Crippen molar-refractivity contribution >= 4 is 11.7 Å². The molecule has 4 rings (SSSR count). The number of anilines is 1. The highest BCUT2D eigenvalue weighted by atomic mass is 16.5. The highest BCUT2D eigenvalue weighted by Crippen LogP contribution is 2.33. The minimum Gasteiger partial charge on any atom is -0.396 e. The van der Waals surface area contributed by atoms with Crippen LogP contribution in [-0.2, 0) is 4.74 Å². The lowest BCUT2D eigenvalue weighted by Gasteiger charge is -2.23. The van der Waals surface area contributed by atoms with Crippen molar-refractivity contribution in [2.24, 2.45) is 5.92 Å². The van der Waals surface area contributed by atoms with Gasteiger partial charge in [-0.1, -0.05) is 44.7 Å². The van der Waals surface area contributed by atoms with Crippen LogP contribution in [0.3, 0.4) is 0 Å². The summed E-state index contributed by atoms with van der Waals surface area (Å²) in [7, 11) is 1.71. The molecule has 2 fully saturated rings. The van der Waals surface area contributed by atoms with Gasteiger partial charge in [0.2, 0.25) is 0 Å². The van der Waals surface area contributed by atoms with E-state index in [2.05, 4.69) is 36.2 Å². The predicted octanol–water partition coefficient (Wildman–Crippen LogP) is 5.77. The Labute approximate surface area is 210 Å². The predicted molar refractivity (Wildman–Crippen MR) is 143 cm³/mol. The number of amides is 1. The van der Waals surface area contributed by atoms with Gasteiger partial charge in [0.15, 0.2) is 0 Å². The van der Waals surface area contributed by atoms with Gasteiger partial charge in [0.1, 0.15) is 5.82 Å². The Kier molecular flexibility index (Phi) is 9.87. The molecule has 1 aromatic carbocycles. The summed E-state index contributed by atoms with van der Waals surface area (Å²) in [5.41, 5.74) is 4.69. The van der Waals surface area contributed by atoms with Crippen molar-refractivity contribution in [1.29, 1.82) is 0 Å². The van der Waals surface area contributed by atoms with Crippen LogP contribution in [0, 0.1) is 12.8 Å². The summed E-state index contributed by atoms with van der Waals surface area (Å²) in [5, 5.41) is 13.1. The van der Waals surface area contributed by atoms with Gasteiger partial charge in [-0.05, 0) is 74.3 Å². The Morgan fingerprint density at radius 3 is 2.49 bits per heavy atom. The van der Waals surface area contributed by atoms with Crippen molar-refractivity contribution in [3.63, 3.8) is 0 Å². The fraction of sp³-hybridized carbons (Fsp3) is 0.517. The molecular formula is C29H41N3O3. The number of pyridine rings is 1. The average Bonchev–Trinajstić information content (AvgIpc) is 3.37. The van der Waals surface area contributed by atoms with Crippen molar-refractivity contribution in [3.8, 4) is 11.3 Å². The number of benzene rings is 1. The van der Waals surface area contributed by atoms with E-state index in [9.17, 15) is 9.90 Å². The zero-order valence-electron chi connectivity index (χ0n) is 21.7. The molecule has 1 aliphatic carbocycles. The maximum atomic E-state index is 13.1. The van der Waals surface area contributed by atoms with Crippen molar-refractivity contribution in [3.05, 3.63) is 59.8 Å². The van der Waals surface area contributed by atoms with Gasteiger partial charge in [-0.15, -0.1) is 0 Å². The van der Waals surface area contributed by atoms with E-state index in [1.807, 2.05) is 26.8 Å². The average molecular weight is 480 g/mol. The zero-order valence-corrected chi connectivity index (χ0v) is 21.7. The Morgan fingerprint density at radius 1 is 1.20 bits per heavy atom. The molecule has 1 saturated heterocycles. The monoisotopic (exact) mass is 479 g/mol. The van der Waals surface area contributed by atoms with Gasteiger partial charge in [0, 0.05) is 38.5 Å². The molecule has 0 bridgehead atoms. The molecule has 2 atom stereocenters. The van der Waals surface area contributed by atoms with E-state index in [0.717, 1.165) is 62.1 Å². The molecule has 2 heterocycles. The van der Waals surface area contributed by atoms with Crippen LogP contribution >= 0.6 is 0 Å². The number of carbonyl (C=O) groups is 1. The third-order valence-corrected chi connectivity index (χ3v) is 7.06. The number of aliphatic hydroxyl groups excluding tert-OH is 1. The largest absolute Gasteiger partial charge is 0.396 e. The van der Waals surface area contributed by atoms with Gasteiger partial charge in [0.25, 0.3) is 5.91 Å². The van der Waals surface area contributed by atoms with E-state index >= 15 is 0 Å². The first kappa shape index (κ1) is 26.9. The molecule has 35 heavy (non-hydrogen) atoms. The van der Waals surface area contributed by atoms with Crippen molar-refractivity contribution < 1.29 is 14.6 Å². The number of aryl methyl sites for hydroxylation is 1. The first-order valence-electron chi connectivity index (χ1n) is 13.0. The van der Waals surface area contributed by atoms with Crippen molar-refractivity contribution in [1.82, 2.24) is 9.88 Å². The standard InChI is InChI=1S/C27H35N3O3.C2H6/c1-4-30(3)27(32)25-18(2)15-24(29-26(25)28-23-10-5-19(16-23)17-31)22-8-6-20(7-9-22)21-11-13-33-14-12-21;1-2/h4,6-9,15,19,21,23,31H,1,5,10-14,16-17H2,2-3H3,(H,28,29);1-2H3. The second-order valence-electron chi connectivity index (χ2n) is 9.36. The number of ether oxygens (including phenoxy) is 1. The molecule has 2 aliphatic rings. The molecule has 1 saturated carbocycles. The Balaban J connectivity index is 0.00000167. The first-order valence-corrected chi connectivity index (χ1v) is 13.0. The number of carbonyl (C=O) groups excluding carboxylic acids is 1. The third kappa shape index (κ3) is 6.50. The minimum atomic E-state index is -0.129. The van der Waals surface area contributed by atoms with Gasteiger partial charge in [-0.2, -0.15) is 0 Å². The van der Waals surface area contributed by atoms with Crippen LogP contribution in [0.2, 0.25) is 0 Å². The number of rotatable bonds is 7. The number of nitrogens with one attached hydrogen (secondary N) is 1. The SMILES string of the molecule is C=CN(C)C(=O)c1c(C)cc(-c2ccc(C3CCOCC3)cc2)nc1NC1CCC(CO)C1.CC. The Morgan fingerprint density at radius 2 is 1.89 bits per heavy atom. The highest BCUT2D eigenvalue weighted by Gasteiger charge is 2.27.